The van der Waals surface area contributed by atoms with Gasteiger partial charge in [0.15, 0.2) is 0 Å². The lowest BCUT2D eigenvalue weighted by Gasteiger charge is -2.24. The number of fused-ring (bicyclic) bond motifs is 1. The number of nitriles is 2. The van der Waals surface area contributed by atoms with Gasteiger partial charge in [0.05, 0.1) is 24.9 Å². The van der Waals surface area contributed by atoms with Crippen LogP contribution in [0.1, 0.15) is 32.3 Å². The SMILES string of the molecule is COc1ccc(-c2c3/c(=C(\C#N)c4nccs4)n(B(c4ccc(C)cc4)c4ccc(C)cc4)c(-c4ccc(OC)cc4)c3/c(=C(\C#N)c3nccs3)n2B(c2ccc(C)cc2)c2ccc(C)cc2)cc1. The van der Waals surface area contributed by atoms with E-state index < -0.39 is 13.7 Å². The number of rotatable bonds is 12. The van der Waals surface area contributed by atoms with Crippen LogP contribution in [0.3, 0.4) is 0 Å². The first-order valence-corrected chi connectivity index (χ1v) is 24.7. The molecule has 0 aliphatic heterocycles. The number of aromatic nitrogens is 4. The lowest BCUT2D eigenvalue weighted by Crippen LogP contribution is -2.54. The highest BCUT2D eigenvalue weighted by molar-refractivity contribution is 7.11. The minimum atomic E-state index is -0.482. The van der Waals surface area contributed by atoms with E-state index in [1.54, 1.807) is 26.6 Å². The third kappa shape index (κ3) is 8.32. The van der Waals surface area contributed by atoms with Gasteiger partial charge >= 0.3 is 13.7 Å². The first kappa shape index (κ1) is 45.6. The van der Waals surface area contributed by atoms with Crippen molar-refractivity contribution in [3.05, 3.63) is 212 Å². The molecule has 8 nitrogen and oxygen atoms in total. The van der Waals surface area contributed by atoms with Gasteiger partial charge < -0.3 is 18.4 Å². The third-order valence-electron chi connectivity index (χ3n) is 13.0. The van der Waals surface area contributed by atoms with E-state index in [0.717, 1.165) is 77.4 Å². The zero-order valence-corrected chi connectivity index (χ0v) is 41.3. The Morgan fingerprint density at radius 2 is 0.757 bits per heavy atom. The maximum atomic E-state index is 11.9. The first-order chi connectivity index (χ1) is 34.2. The standard InChI is InChI=1S/C58H46B2N6O2S2/c1-37-7-19-43(20-8-37)59(44-21-9-38(2)10-22-44)65-53(41-15-27-47(67-5)28-16-41)51-52(55(65)49(35-61)57-63-31-33-69-57)54(42-17-29-48(68-6)30-18-42)66(56(51)50(36-62)58-64-32-34-70-58)60(45-23-11-39(3)12-24-45)46-25-13-40(4)14-26-46/h7-34H,1-6H3/b55-49-,56-50-. The van der Waals surface area contributed by atoms with E-state index >= 15 is 0 Å². The molecule has 0 bridgehead atoms. The van der Waals surface area contributed by atoms with E-state index in [1.165, 1.54) is 22.7 Å². The summed E-state index contributed by atoms with van der Waals surface area (Å²) in [5, 5.41) is 31.6. The molecule has 0 aliphatic carbocycles. The van der Waals surface area contributed by atoms with Crippen molar-refractivity contribution < 1.29 is 9.47 Å². The lowest BCUT2D eigenvalue weighted by atomic mass is 9.49. The average molecular weight is 945 g/mol. The summed E-state index contributed by atoms with van der Waals surface area (Å²) in [5.74, 6) is 1.39. The number of nitrogens with zero attached hydrogens (tertiary/aromatic N) is 6. The monoisotopic (exact) mass is 944 g/mol. The largest absolute Gasteiger partial charge is 0.497 e. The number of hydrogen-bond acceptors (Lipinski definition) is 8. The Labute approximate surface area is 416 Å². The Bertz CT molecular complexity index is 3360. The molecule has 4 aromatic heterocycles. The van der Waals surface area contributed by atoms with Crippen molar-refractivity contribution in [2.75, 3.05) is 14.2 Å². The molecule has 0 fully saturated rings. The van der Waals surface area contributed by atoms with E-state index in [4.69, 9.17) is 19.4 Å². The molecule has 0 amide bonds. The van der Waals surface area contributed by atoms with Crippen LogP contribution in [-0.2, 0) is 0 Å². The molecule has 12 heteroatoms. The van der Waals surface area contributed by atoms with Gasteiger partial charge in [-0.3, -0.25) is 0 Å². The van der Waals surface area contributed by atoms with E-state index in [2.05, 4.69) is 170 Å². The van der Waals surface area contributed by atoms with Crippen LogP contribution in [0.15, 0.2) is 169 Å². The van der Waals surface area contributed by atoms with Crippen LogP contribution >= 0.6 is 22.7 Å². The minimum absolute atomic E-state index is 0.400. The number of ether oxygens (including phenoxy) is 2. The van der Waals surface area contributed by atoms with Gasteiger partial charge in [0, 0.05) is 45.3 Å². The summed E-state index contributed by atoms with van der Waals surface area (Å²) in [5.41, 5.74) is 12.7. The number of benzene rings is 6. The average Bonchev–Trinajstić information content (AvgIpc) is 4.23. The molecular formula is C58H46B2N6O2S2. The molecule has 6 aromatic carbocycles. The molecule has 0 aliphatic rings. The van der Waals surface area contributed by atoms with Gasteiger partial charge in [-0.1, -0.05) is 141 Å². The topological polar surface area (TPSA) is 102 Å². The number of methoxy groups -OCH3 is 2. The van der Waals surface area contributed by atoms with Gasteiger partial charge in [0.2, 0.25) is 0 Å². The normalized spacial score (nSPS) is 12.0. The van der Waals surface area contributed by atoms with Crippen LogP contribution in [0.25, 0.3) is 44.4 Å². The maximum Gasteiger partial charge on any atom is 0.328 e. The molecule has 338 valence electrons. The molecule has 0 saturated heterocycles. The van der Waals surface area contributed by atoms with Gasteiger partial charge in [0.1, 0.15) is 44.8 Å². The van der Waals surface area contributed by atoms with Crippen LogP contribution in [0.5, 0.6) is 11.5 Å². The highest BCUT2D eigenvalue weighted by atomic mass is 32.1. The molecule has 0 unspecified atom stereocenters. The van der Waals surface area contributed by atoms with Crippen molar-refractivity contribution in [1.29, 1.82) is 10.5 Å². The van der Waals surface area contributed by atoms with E-state index in [-0.39, 0.29) is 0 Å². The minimum Gasteiger partial charge on any atom is -0.497 e. The van der Waals surface area contributed by atoms with Gasteiger partial charge in [-0.2, -0.15) is 10.5 Å². The predicted molar refractivity (Wildman–Crippen MR) is 289 cm³/mol. The van der Waals surface area contributed by atoms with Gasteiger partial charge in [0.25, 0.3) is 0 Å². The van der Waals surface area contributed by atoms with Crippen LogP contribution in [0.2, 0.25) is 0 Å². The Balaban J connectivity index is 1.58. The fourth-order valence-electron chi connectivity index (χ4n) is 9.55. The van der Waals surface area contributed by atoms with Crippen LogP contribution in [0.4, 0.5) is 0 Å². The molecule has 0 radical (unpaired) electrons. The van der Waals surface area contributed by atoms with Gasteiger partial charge in [-0.05, 0) is 87.4 Å². The fraction of sp³-hybridized carbons (Fsp3) is 0.103. The molecule has 0 atom stereocenters. The van der Waals surface area contributed by atoms with Crippen molar-refractivity contribution in [3.63, 3.8) is 0 Å². The maximum absolute atomic E-state index is 11.9. The van der Waals surface area contributed by atoms with Crippen molar-refractivity contribution >= 4 is 80.1 Å². The molecule has 0 saturated carbocycles. The Kier molecular flexibility index (Phi) is 12.7. The molecule has 0 spiro atoms. The smallest absolute Gasteiger partial charge is 0.328 e. The third-order valence-corrected chi connectivity index (χ3v) is 14.5. The van der Waals surface area contributed by atoms with Gasteiger partial charge in [-0.25, -0.2) is 9.97 Å². The Hall–Kier alpha value is -8.15. The first-order valence-electron chi connectivity index (χ1n) is 22.9. The number of aryl methyl sites for hydroxylation is 4. The molecule has 70 heavy (non-hydrogen) atoms. The summed E-state index contributed by atoms with van der Waals surface area (Å²) in [7, 11) is 3.33. The second kappa shape index (κ2) is 19.5. The molecule has 10 aromatic rings. The molecule has 0 N–H and O–H groups in total. The van der Waals surface area contributed by atoms with Crippen molar-refractivity contribution in [2.45, 2.75) is 27.7 Å². The zero-order chi connectivity index (χ0) is 48.5. The molecular weight excluding hydrogens is 898 g/mol. The second-order valence-corrected chi connectivity index (χ2v) is 19.2. The van der Waals surface area contributed by atoms with Crippen LogP contribution in [-0.4, -0.2) is 46.8 Å². The summed E-state index contributed by atoms with van der Waals surface area (Å²) in [4.78, 5) is 9.75. The summed E-state index contributed by atoms with van der Waals surface area (Å²) in [6.07, 6.45) is 3.50. The van der Waals surface area contributed by atoms with Crippen molar-refractivity contribution in [2.24, 2.45) is 0 Å². The second-order valence-electron chi connectivity index (χ2n) is 17.4. The summed E-state index contributed by atoms with van der Waals surface area (Å²) in [6, 6.07) is 56.2. The molecule has 10 rings (SSSR count). The highest BCUT2D eigenvalue weighted by Crippen LogP contribution is 2.37. The Morgan fingerprint density at radius 1 is 0.457 bits per heavy atom. The fourth-order valence-corrected chi connectivity index (χ4v) is 10.8. The number of thiazole rings is 2. The predicted octanol–water partition coefficient (Wildman–Crippen LogP) is 8.69. The van der Waals surface area contributed by atoms with Crippen molar-refractivity contribution in [3.8, 4) is 46.2 Å². The zero-order valence-electron chi connectivity index (χ0n) is 39.6. The van der Waals surface area contributed by atoms with Crippen LogP contribution < -0.4 is 42.0 Å². The summed E-state index contributed by atoms with van der Waals surface area (Å²) in [6.45, 7) is 7.41. The van der Waals surface area contributed by atoms with Gasteiger partial charge in [-0.15, -0.1) is 22.7 Å². The van der Waals surface area contributed by atoms with E-state index in [1.807, 2.05) is 35.0 Å². The Morgan fingerprint density at radius 3 is 1.00 bits per heavy atom. The van der Waals surface area contributed by atoms with Crippen LogP contribution in [0, 0.1) is 50.4 Å². The highest BCUT2D eigenvalue weighted by Gasteiger charge is 2.37. The summed E-state index contributed by atoms with van der Waals surface area (Å²) >= 11 is 2.85. The summed E-state index contributed by atoms with van der Waals surface area (Å²) < 4.78 is 16.3. The molecule has 4 heterocycles. The quantitative estimate of drug-likeness (QED) is 0.114. The lowest BCUT2D eigenvalue weighted by molar-refractivity contribution is 0.415. The number of hydrogen-bond donors (Lipinski definition) is 0. The van der Waals surface area contributed by atoms with E-state index in [9.17, 15) is 10.5 Å². The van der Waals surface area contributed by atoms with Crippen molar-refractivity contribution in [1.82, 2.24) is 18.9 Å². The van der Waals surface area contributed by atoms with E-state index in [0.29, 0.717) is 43.4 Å².